The van der Waals surface area contributed by atoms with Gasteiger partial charge in [-0.2, -0.15) is 5.10 Å². The minimum absolute atomic E-state index is 0.0967. The van der Waals surface area contributed by atoms with Crippen molar-refractivity contribution in [1.82, 2.24) is 24.5 Å². The Bertz CT molecular complexity index is 1420. The fraction of sp³-hybridized carbons (Fsp3) is 0.433. The Balaban J connectivity index is 1.35. The zero-order valence-electron chi connectivity index (χ0n) is 22.7. The molecule has 1 atom stereocenters. The minimum atomic E-state index is -0.0967. The van der Waals surface area contributed by atoms with Crippen LogP contribution < -0.4 is 9.64 Å². The highest BCUT2D eigenvalue weighted by atomic mass is 16.5. The fourth-order valence-electron chi connectivity index (χ4n) is 5.88. The van der Waals surface area contributed by atoms with Gasteiger partial charge in [0.25, 0.3) is 0 Å². The molecule has 0 aliphatic carbocycles. The molecule has 1 N–H and O–H groups in total. The second-order valence-electron chi connectivity index (χ2n) is 10.5. The monoisotopic (exact) mass is 528 g/mol. The molecule has 2 fully saturated rings. The first-order chi connectivity index (χ1) is 19.1. The first kappa shape index (κ1) is 25.7. The molecule has 0 bridgehead atoms. The van der Waals surface area contributed by atoms with E-state index in [4.69, 9.17) is 19.6 Å². The number of likely N-dealkylation sites (tertiary alicyclic amines) is 1. The third-order valence-corrected chi connectivity index (χ3v) is 8.03. The maximum atomic E-state index is 9.94. The molecule has 2 aliphatic rings. The van der Waals surface area contributed by atoms with Crippen LogP contribution in [-0.4, -0.2) is 75.6 Å². The maximum absolute atomic E-state index is 9.94. The second-order valence-corrected chi connectivity index (χ2v) is 10.5. The smallest absolute Gasteiger partial charge is 0.177 e. The molecule has 0 unspecified atom stereocenters. The molecule has 4 aromatic rings. The number of hydrogen-bond donors (Lipinski definition) is 1. The number of piperidine rings is 1. The van der Waals surface area contributed by atoms with E-state index in [9.17, 15) is 5.11 Å². The summed E-state index contributed by atoms with van der Waals surface area (Å²) in [6, 6.07) is 12.4. The van der Waals surface area contributed by atoms with E-state index in [1.54, 1.807) is 7.11 Å². The van der Waals surface area contributed by atoms with Crippen LogP contribution in [0.25, 0.3) is 16.9 Å². The Labute approximate surface area is 229 Å². The summed E-state index contributed by atoms with van der Waals surface area (Å²) in [6.07, 6.45) is 7.91. The van der Waals surface area contributed by atoms with Crippen molar-refractivity contribution in [3.63, 3.8) is 0 Å². The van der Waals surface area contributed by atoms with Gasteiger partial charge in [-0.25, -0.2) is 9.50 Å². The van der Waals surface area contributed by atoms with Crippen molar-refractivity contribution in [2.24, 2.45) is 0 Å². The fourth-order valence-corrected chi connectivity index (χ4v) is 5.88. The number of pyridine rings is 1. The minimum Gasteiger partial charge on any atom is -0.496 e. The van der Waals surface area contributed by atoms with Crippen LogP contribution >= 0.6 is 0 Å². The lowest BCUT2D eigenvalue weighted by atomic mass is 9.94. The molecule has 39 heavy (non-hydrogen) atoms. The van der Waals surface area contributed by atoms with Crippen molar-refractivity contribution < 1.29 is 14.6 Å². The Morgan fingerprint density at radius 2 is 1.97 bits per heavy atom. The van der Waals surface area contributed by atoms with Gasteiger partial charge in [-0.3, -0.25) is 9.88 Å². The third-order valence-electron chi connectivity index (χ3n) is 8.03. The van der Waals surface area contributed by atoms with E-state index < -0.39 is 0 Å². The number of anilines is 1. The highest BCUT2D eigenvalue weighted by Gasteiger charge is 2.28. The molecular formula is C30H36N6O3. The summed E-state index contributed by atoms with van der Waals surface area (Å²) in [5.41, 5.74) is 6.89. The lowest BCUT2D eigenvalue weighted by Crippen LogP contribution is -2.44. The summed E-state index contributed by atoms with van der Waals surface area (Å²) < 4.78 is 13.2. The molecule has 9 nitrogen and oxygen atoms in total. The highest BCUT2D eigenvalue weighted by molar-refractivity contribution is 5.76. The van der Waals surface area contributed by atoms with Crippen LogP contribution in [0.3, 0.4) is 0 Å². The van der Waals surface area contributed by atoms with Crippen LogP contribution in [0, 0.1) is 0 Å². The van der Waals surface area contributed by atoms with E-state index >= 15 is 0 Å². The number of aromatic nitrogens is 4. The van der Waals surface area contributed by atoms with Crippen LogP contribution in [0.15, 0.2) is 55.0 Å². The highest BCUT2D eigenvalue weighted by Crippen LogP contribution is 2.35. The van der Waals surface area contributed by atoms with Crippen LogP contribution in [0.5, 0.6) is 5.75 Å². The van der Waals surface area contributed by atoms with Gasteiger partial charge >= 0.3 is 0 Å². The molecule has 3 aromatic heterocycles. The van der Waals surface area contributed by atoms with E-state index in [0.717, 1.165) is 72.9 Å². The lowest BCUT2D eigenvalue weighted by molar-refractivity contribution is 0.0990. The van der Waals surface area contributed by atoms with Crippen molar-refractivity contribution in [2.75, 3.05) is 44.9 Å². The summed E-state index contributed by atoms with van der Waals surface area (Å²) in [5.74, 6) is 1.05. The van der Waals surface area contributed by atoms with Gasteiger partial charge in [-0.1, -0.05) is 6.07 Å². The number of imidazole rings is 1. The molecular weight excluding hydrogens is 492 g/mol. The van der Waals surface area contributed by atoms with E-state index in [2.05, 4.69) is 38.4 Å². The molecule has 9 heteroatoms. The van der Waals surface area contributed by atoms with Gasteiger partial charge in [-0.15, -0.1) is 0 Å². The number of benzene rings is 1. The average Bonchev–Trinajstić information content (AvgIpc) is 3.42. The number of methoxy groups -OCH3 is 1. The second kappa shape index (κ2) is 11.3. The summed E-state index contributed by atoms with van der Waals surface area (Å²) in [4.78, 5) is 14.1. The van der Waals surface area contributed by atoms with Gasteiger partial charge in [0.15, 0.2) is 5.65 Å². The molecule has 2 saturated heterocycles. The van der Waals surface area contributed by atoms with Gasteiger partial charge in [-0.05, 0) is 68.8 Å². The number of ether oxygens (including phenoxy) is 2. The van der Waals surface area contributed by atoms with Crippen LogP contribution in [0.2, 0.25) is 0 Å². The molecule has 0 saturated carbocycles. The summed E-state index contributed by atoms with van der Waals surface area (Å²) in [5, 5.41) is 15.1. The Kier molecular flexibility index (Phi) is 7.45. The zero-order valence-corrected chi connectivity index (χ0v) is 22.7. The normalized spacial score (nSPS) is 19.1. The van der Waals surface area contributed by atoms with Gasteiger partial charge < -0.3 is 19.5 Å². The van der Waals surface area contributed by atoms with Crippen molar-refractivity contribution in [3.05, 3.63) is 71.8 Å². The van der Waals surface area contributed by atoms with Gasteiger partial charge in [0.2, 0.25) is 0 Å². The van der Waals surface area contributed by atoms with Crippen molar-refractivity contribution >= 4 is 11.3 Å². The SMILES string of the molecule is COc1ccc(-c2cc(N3CCOC[C@@H]3C)c3ncc(C4CCN(Cc5cccnc5)CC4)n3n2)cc1CO. The zero-order chi connectivity index (χ0) is 26.8. The Morgan fingerprint density at radius 1 is 1.10 bits per heavy atom. The summed E-state index contributed by atoms with van der Waals surface area (Å²) in [6.45, 7) is 7.25. The van der Waals surface area contributed by atoms with Gasteiger partial charge in [0.1, 0.15) is 5.75 Å². The standard InChI is InChI=1S/C30H36N6O3/c1-21-20-39-13-12-35(21)27-15-26(24-5-6-29(38-2)25(14-24)19-37)33-36-28(17-32-30(27)36)23-7-10-34(11-8-23)18-22-4-3-9-31-16-22/h3-6,9,14-17,21,23,37H,7-8,10-13,18-20H2,1-2H3/t21-/m0/s1. The predicted molar refractivity (Wildman–Crippen MR) is 150 cm³/mol. The predicted octanol–water partition coefficient (Wildman–Crippen LogP) is 3.90. The van der Waals surface area contributed by atoms with Crippen molar-refractivity contribution in [1.29, 1.82) is 0 Å². The molecule has 0 radical (unpaired) electrons. The number of rotatable bonds is 7. The Morgan fingerprint density at radius 3 is 2.72 bits per heavy atom. The maximum Gasteiger partial charge on any atom is 0.177 e. The number of fused-ring (bicyclic) bond motifs is 1. The molecule has 204 valence electrons. The number of aliphatic hydroxyl groups is 1. The van der Waals surface area contributed by atoms with E-state index in [-0.39, 0.29) is 12.6 Å². The molecule has 6 rings (SSSR count). The first-order valence-electron chi connectivity index (χ1n) is 13.8. The third kappa shape index (κ3) is 5.22. The van der Waals surface area contributed by atoms with E-state index in [0.29, 0.717) is 24.9 Å². The molecule has 0 amide bonds. The van der Waals surface area contributed by atoms with Crippen molar-refractivity contribution in [2.45, 2.75) is 44.9 Å². The summed E-state index contributed by atoms with van der Waals surface area (Å²) >= 11 is 0. The van der Waals surface area contributed by atoms with Crippen LogP contribution in [0.1, 0.15) is 42.5 Å². The molecule has 1 aromatic carbocycles. The van der Waals surface area contributed by atoms with Gasteiger partial charge in [0, 0.05) is 48.6 Å². The average molecular weight is 529 g/mol. The number of aliphatic hydroxyl groups excluding tert-OH is 1. The number of hydrogen-bond acceptors (Lipinski definition) is 8. The van der Waals surface area contributed by atoms with E-state index in [1.807, 2.05) is 42.9 Å². The Hall–Kier alpha value is -3.53. The molecule has 2 aliphatic heterocycles. The molecule has 0 spiro atoms. The molecule has 5 heterocycles. The lowest BCUT2D eigenvalue weighted by Gasteiger charge is -2.35. The summed E-state index contributed by atoms with van der Waals surface area (Å²) in [7, 11) is 1.62. The quantitative estimate of drug-likeness (QED) is 0.387. The van der Waals surface area contributed by atoms with Gasteiger partial charge in [0.05, 0.1) is 50.2 Å². The van der Waals surface area contributed by atoms with E-state index in [1.165, 1.54) is 5.56 Å². The van der Waals surface area contributed by atoms with Crippen LogP contribution in [0.4, 0.5) is 5.69 Å². The first-order valence-corrected chi connectivity index (χ1v) is 13.8. The van der Waals surface area contributed by atoms with Crippen LogP contribution in [-0.2, 0) is 17.9 Å². The largest absolute Gasteiger partial charge is 0.496 e. The number of nitrogens with zero attached hydrogens (tertiary/aromatic N) is 6. The topological polar surface area (TPSA) is 88.3 Å². The number of morpholine rings is 1. The van der Waals surface area contributed by atoms with Crippen molar-refractivity contribution in [3.8, 4) is 17.0 Å².